The van der Waals surface area contributed by atoms with Crippen LogP contribution in [0.2, 0.25) is 0 Å². The molecule has 2 saturated carbocycles. The van der Waals surface area contributed by atoms with Crippen molar-refractivity contribution < 1.29 is 0 Å². The minimum absolute atomic E-state index is 0.743. The van der Waals surface area contributed by atoms with Crippen molar-refractivity contribution >= 4 is 0 Å². The molecule has 0 saturated heterocycles. The van der Waals surface area contributed by atoms with Gasteiger partial charge < -0.3 is 5.32 Å². The summed E-state index contributed by atoms with van der Waals surface area (Å²) in [6, 6.07) is 1.62. The molecule has 2 heteroatoms. The fraction of sp³-hybridized carbons (Fsp3) is 1.00. The number of likely N-dealkylation sites (N-methyl/N-ethyl adjacent to an activating group) is 1. The Balaban J connectivity index is 1.90. The maximum Gasteiger partial charge on any atom is 0.0223 e. The van der Waals surface area contributed by atoms with Crippen LogP contribution in [0.4, 0.5) is 0 Å². The number of hydrogen-bond acceptors (Lipinski definition) is 2. The van der Waals surface area contributed by atoms with E-state index in [4.69, 9.17) is 0 Å². The third-order valence-electron chi connectivity index (χ3n) is 5.80. The molecule has 1 atom stereocenters. The Kier molecular flexibility index (Phi) is 8.10. The maximum atomic E-state index is 3.90. The van der Waals surface area contributed by atoms with Gasteiger partial charge in [0, 0.05) is 18.6 Å². The van der Waals surface area contributed by atoms with Crippen LogP contribution in [0.5, 0.6) is 0 Å². The first kappa shape index (κ1) is 17.3. The van der Waals surface area contributed by atoms with Crippen LogP contribution < -0.4 is 5.32 Å². The quantitative estimate of drug-likeness (QED) is 0.704. The van der Waals surface area contributed by atoms with Gasteiger partial charge in [0.1, 0.15) is 0 Å². The molecule has 2 fully saturated rings. The van der Waals surface area contributed by atoms with Gasteiger partial charge in [0.2, 0.25) is 0 Å². The fourth-order valence-corrected chi connectivity index (χ4v) is 4.48. The van der Waals surface area contributed by atoms with Crippen LogP contribution in [0, 0.1) is 5.92 Å². The number of nitrogens with zero attached hydrogens (tertiary/aromatic N) is 1. The molecular formula is C19H38N2. The lowest BCUT2D eigenvalue weighted by atomic mass is 9.83. The summed E-state index contributed by atoms with van der Waals surface area (Å²) in [7, 11) is 0. The highest BCUT2D eigenvalue weighted by atomic mass is 15.2. The summed E-state index contributed by atoms with van der Waals surface area (Å²) >= 11 is 0. The van der Waals surface area contributed by atoms with E-state index in [9.17, 15) is 0 Å². The van der Waals surface area contributed by atoms with Crippen molar-refractivity contribution in [2.24, 2.45) is 5.92 Å². The molecule has 1 N–H and O–H groups in total. The minimum Gasteiger partial charge on any atom is -0.312 e. The average molecular weight is 295 g/mol. The zero-order valence-corrected chi connectivity index (χ0v) is 14.6. The van der Waals surface area contributed by atoms with E-state index in [1.165, 1.54) is 90.3 Å². The standard InChI is InChI=1S/C19H38N2/c1-3-15-20-19(17-11-7-5-8-12-17)16-21(4-2)18-13-9-6-10-14-18/h17-20H,3-16H2,1-2H3. The Hall–Kier alpha value is -0.0800. The second kappa shape index (κ2) is 9.84. The SMILES string of the molecule is CCCNC(CN(CC)C1CCCCC1)C1CCCCC1. The van der Waals surface area contributed by atoms with Gasteiger partial charge in [-0.2, -0.15) is 0 Å². The molecule has 0 aromatic carbocycles. The summed E-state index contributed by atoms with van der Waals surface area (Å²) in [5.41, 5.74) is 0. The highest BCUT2D eigenvalue weighted by Gasteiger charge is 2.27. The van der Waals surface area contributed by atoms with E-state index < -0.39 is 0 Å². The Morgan fingerprint density at radius 1 is 0.905 bits per heavy atom. The van der Waals surface area contributed by atoms with Crippen molar-refractivity contribution in [2.45, 2.75) is 96.6 Å². The van der Waals surface area contributed by atoms with Gasteiger partial charge >= 0.3 is 0 Å². The average Bonchev–Trinajstić information content (AvgIpc) is 2.57. The topological polar surface area (TPSA) is 15.3 Å². The van der Waals surface area contributed by atoms with E-state index in [1.807, 2.05) is 0 Å². The van der Waals surface area contributed by atoms with E-state index in [1.54, 1.807) is 0 Å². The first-order valence-corrected chi connectivity index (χ1v) is 9.82. The van der Waals surface area contributed by atoms with Gasteiger partial charge in [0.05, 0.1) is 0 Å². The van der Waals surface area contributed by atoms with Crippen molar-refractivity contribution in [3.8, 4) is 0 Å². The predicted molar refractivity (Wildman–Crippen MR) is 92.8 cm³/mol. The van der Waals surface area contributed by atoms with Crippen LogP contribution in [0.15, 0.2) is 0 Å². The zero-order valence-electron chi connectivity index (χ0n) is 14.6. The van der Waals surface area contributed by atoms with E-state index in [0.29, 0.717) is 0 Å². The summed E-state index contributed by atoms with van der Waals surface area (Å²) < 4.78 is 0. The molecule has 0 aromatic rings. The second-order valence-electron chi connectivity index (χ2n) is 7.34. The normalized spacial score (nSPS) is 23.6. The molecule has 21 heavy (non-hydrogen) atoms. The Morgan fingerprint density at radius 3 is 2.10 bits per heavy atom. The zero-order chi connectivity index (χ0) is 14.9. The largest absolute Gasteiger partial charge is 0.312 e. The highest BCUT2D eigenvalue weighted by Crippen LogP contribution is 2.29. The molecule has 124 valence electrons. The van der Waals surface area contributed by atoms with Crippen molar-refractivity contribution in [1.29, 1.82) is 0 Å². The molecule has 0 heterocycles. The molecule has 0 amide bonds. The highest BCUT2D eigenvalue weighted by molar-refractivity contribution is 4.85. The maximum absolute atomic E-state index is 3.90. The van der Waals surface area contributed by atoms with Crippen LogP contribution in [-0.4, -0.2) is 36.6 Å². The van der Waals surface area contributed by atoms with Crippen molar-refractivity contribution in [3.63, 3.8) is 0 Å². The molecule has 2 rings (SSSR count). The first-order chi connectivity index (χ1) is 10.3. The van der Waals surface area contributed by atoms with Crippen LogP contribution in [0.3, 0.4) is 0 Å². The third kappa shape index (κ3) is 5.56. The van der Waals surface area contributed by atoms with Gasteiger partial charge in [-0.3, -0.25) is 4.90 Å². The van der Waals surface area contributed by atoms with Crippen LogP contribution in [-0.2, 0) is 0 Å². The lowest BCUT2D eigenvalue weighted by Crippen LogP contribution is -2.49. The van der Waals surface area contributed by atoms with Gasteiger partial charge in [-0.05, 0) is 51.1 Å². The van der Waals surface area contributed by atoms with Crippen LogP contribution in [0.25, 0.3) is 0 Å². The van der Waals surface area contributed by atoms with Crippen molar-refractivity contribution in [2.75, 3.05) is 19.6 Å². The molecule has 1 unspecified atom stereocenters. The number of hydrogen-bond donors (Lipinski definition) is 1. The summed E-state index contributed by atoms with van der Waals surface area (Å²) in [5.74, 6) is 0.933. The minimum atomic E-state index is 0.743. The summed E-state index contributed by atoms with van der Waals surface area (Å²) in [4.78, 5) is 2.81. The first-order valence-electron chi connectivity index (χ1n) is 9.82. The van der Waals surface area contributed by atoms with Gasteiger partial charge in [0.25, 0.3) is 0 Å². The monoisotopic (exact) mass is 294 g/mol. The summed E-state index contributed by atoms with van der Waals surface area (Å²) in [6.45, 7) is 8.40. The van der Waals surface area contributed by atoms with E-state index in [-0.39, 0.29) is 0 Å². The Bertz CT molecular complexity index is 254. The molecule has 0 bridgehead atoms. The summed E-state index contributed by atoms with van der Waals surface area (Å²) in [5, 5.41) is 3.90. The second-order valence-corrected chi connectivity index (χ2v) is 7.34. The lowest BCUT2D eigenvalue weighted by Gasteiger charge is -2.39. The molecule has 2 aliphatic carbocycles. The molecule has 2 nitrogen and oxygen atoms in total. The molecule has 2 aliphatic rings. The van der Waals surface area contributed by atoms with Crippen molar-refractivity contribution in [3.05, 3.63) is 0 Å². The van der Waals surface area contributed by atoms with E-state index >= 15 is 0 Å². The molecule has 0 aliphatic heterocycles. The van der Waals surface area contributed by atoms with Gasteiger partial charge in [-0.25, -0.2) is 0 Å². The smallest absolute Gasteiger partial charge is 0.0223 e. The van der Waals surface area contributed by atoms with Gasteiger partial charge in [-0.15, -0.1) is 0 Å². The predicted octanol–water partition coefficient (Wildman–Crippen LogP) is 4.59. The fourth-order valence-electron chi connectivity index (χ4n) is 4.48. The van der Waals surface area contributed by atoms with E-state index in [0.717, 1.165) is 18.0 Å². The third-order valence-corrected chi connectivity index (χ3v) is 5.80. The molecule has 0 spiro atoms. The molecule has 0 aromatic heterocycles. The van der Waals surface area contributed by atoms with Gasteiger partial charge in [0.15, 0.2) is 0 Å². The Morgan fingerprint density at radius 2 is 1.52 bits per heavy atom. The number of nitrogens with one attached hydrogen (secondary N) is 1. The summed E-state index contributed by atoms with van der Waals surface area (Å²) in [6.07, 6.45) is 15.8. The van der Waals surface area contributed by atoms with Crippen molar-refractivity contribution in [1.82, 2.24) is 10.2 Å². The lowest BCUT2D eigenvalue weighted by molar-refractivity contribution is 0.123. The van der Waals surface area contributed by atoms with Crippen LogP contribution >= 0.6 is 0 Å². The molecule has 0 radical (unpaired) electrons. The van der Waals surface area contributed by atoms with Gasteiger partial charge in [-0.1, -0.05) is 52.4 Å². The Labute approximate surface area is 133 Å². The number of rotatable bonds is 8. The molecular weight excluding hydrogens is 256 g/mol. The van der Waals surface area contributed by atoms with E-state index in [2.05, 4.69) is 24.1 Å². The van der Waals surface area contributed by atoms with Crippen LogP contribution in [0.1, 0.15) is 84.5 Å².